The molecule has 2 nitrogen and oxygen atoms in total. The molecule has 1 rings (SSSR count). The van der Waals surface area contributed by atoms with Crippen LogP contribution in [0.3, 0.4) is 0 Å². The van der Waals surface area contributed by atoms with Crippen LogP contribution in [0.5, 0.6) is 0 Å². The Labute approximate surface area is 147 Å². The van der Waals surface area contributed by atoms with E-state index in [4.69, 9.17) is 4.74 Å². The molecule has 1 unspecified atom stereocenters. The zero-order valence-corrected chi connectivity index (χ0v) is 15.6. The van der Waals surface area contributed by atoms with Crippen molar-refractivity contribution >= 4 is 5.78 Å². The average molecular weight is 364 g/mol. The van der Waals surface area contributed by atoms with Crippen molar-refractivity contribution in [2.75, 3.05) is 13.2 Å². The van der Waals surface area contributed by atoms with Gasteiger partial charge in [0.15, 0.2) is 5.78 Å². The smallest absolute Gasteiger partial charge is 0.381 e. The predicted octanol–water partition coefficient (Wildman–Crippen LogP) is 6.04. The Morgan fingerprint density at radius 1 is 1.16 bits per heavy atom. The highest BCUT2D eigenvalue weighted by atomic mass is 19.4. The summed E-state index contributed by atoms with van der Waals surface area (Å²) in [6, 6.07) is 3.18. The maximum Gasteiger partial charge on any atom is 0.394 e. The number of hydrogen-bond donors (Lipinski definition) is 0. The number of alkyl halides is 3. The zero-order chi connectivity index (χ0) is 19.6. The van der Waals surface area contributed by atoms with Crippen molar-refractivity contribution in [3.63, 3.8) is 0 Å². The van der Waals surface area contributed by atoms with Crippen LogP contribution in [-0.4, -0.2) is 25.2 Å². The first-order valence-electron chi connectivity index (χ1n) is 8.46. The third-order valence-corrected chi connectivity index (χ3v) is 3.55. The Morgan fingerprint density at radius 2 is 1.76 bits per heavy atom. The molecule has 0 heterocycles. The van der Waals surface area contributed by atoms with Crippen LogP contribution in [0.2, 0.25) is 0 Å². The van der Waals surface area contributed by atoms with Crippen molar-refractivity contribution < 1.29 is 27.1 Å². The molecule has 1 aromatic carbocycles. The van der Waals surface area contributed by atoms with Gasteiger partial charge in [-0.25, -0.2) is 4.39 Å². The quantitative estimate of drug-likeness (QED) is 0.335. The van der Waals surface area contributed by atoms with Crippen LogP contribution in [0.4, 0.5) is 17.6 Å². The Balaban J connectivity index is 0.000000462. The normalized spacial score (nSPS) is 12.4. The topological polar surface area (TPSA) is 26.3 Å². The molecule has 1 aromatic rings. The summed E-state index contributed by atoms with van der Waals surface area (Å²) in [7, 11) is 0. The van der Waals surface area contributed by atoms with Crippen LogP contribution in [0.15, 0.2) is 12.1 Å². The van der Waals surface area contributed by atoms with E-state index in [9.17, 15) is 22.4 Å². The summed E-state index contributed by atoms with van der Waals surface area (Å²) in [5.74, 6) is -1.92. The molecule has 0 spiro atoms. The molecule has 0 aliphatic carbocycles. The average Bonchev–Trinajstić information content (AvgIpc) is 2.44. The lowest BCUT2D eigenvalue weighted by atomic mass is 10.0. The van der Waals surface area contributed by atoms with Crippen LogP contribution in [0, 0.1) is 25.6 Å². The zero-order valence-electron chi connectivity index (χ0n) is 15.6. The fourth-order valence-corrected chi connectivity index (χ4v) is 2.42. The van der Waals surface area contributed by atoms with E-state index in [1.54, 1.807) is 26.8 Å². The van der Waals surface area contributed by atoms with Gasteiger partial charge in [0.1, 0.15) is 5.82 Å². The van der Waals surface area contributed by atoms with Crippen LogP contribution in [-0.2, 0) is 4.74 Å². The van der Waals surface area contributed by atoms with Gasteiger partial charge in [0, 0.05) is 6.61 Å². The minimum absolute atomic E-state index is 0.160. The third-order valence-electron chi connectivity index (χ3n) is 3.55. The van der Waals surface area contributed by atoms with E-state index >= 15 is 0 Å². The molecule has 0 aliphatic heterocycles. The lowest BCUT2D eigenvalue weighted by Crippen LogP contribution is -2.27. The van der Waals surface area contributed by atoms with Crippen LogP contribution < -0.4 is 0 Å². The van der Waals surface area contributed by atoms with Gasteiger partial charge in [-0.2, -0.15) is 13.2 Å². The Hall–Kier alpha value is -1.43. The van der Waals surface area contributed by atoms with Gasteiger partial charge in [0.05, 0.1) is 18.1 Å². The Bertz CT molecular complexity index is 516. The van der Waals surface area contributed by atoms with Gasteiger partial charge >= 0.3 is 6.18 Å². The van der Waals surface area contributed by atoms with Crippen molar-refractivity contribution in [2.45, 2.75) is 60.1 Å². The first-order chi connectivity index (χ1) is 11.5. The maximum absolute atomic E-state index is 13.1. The maximum atomic E-state index is 13.1. The van der Waals surface area contributed by atoms with E-state index in [0.29, 0.717) is 18.6 Å². The second-order valence-corrected chi connectivity index (χ2v) is 6.10. The van der Waals surface area contributed by atoms with Crippen LogP contribution in [0.25, 0.3) is 0 Å². The number of ether oxygens (including phenoxy) is 1. The van der Waals surface area contributed by atoms with Gasteiger partial charge in [-0.15, -0.1) is 0 Å². The summed E-state index contributed by atoms with van der Waals surface area (Å²) in [6.45, 7) is 8.77. The van der Waals surface area contributed by atoms with Gasteiger partial charge in [0.2, 0.25) is 0 Å². The van der Waals surface area contributed by atoms with Gasteiger partial charge in [-0.1, -0.05) is 26.3 Å². The van der Waals surface area contributed by atoms with E-state index in [0.717, 1.165) is 12.0 Å². The van der Waals surface area contributed by atoms with Gasteiger partial charge in [-0.3, -0.25) is 4.79 Å². The summed E-state index contributed by atoms with van der Waals surface area (Å²) >= 11 is 0. The SMILES string of the molecule is CC(=O)c1c(C)cc(C)cc1F.CCCOCC(CCC)C(F)(F)F. The summed E-state index contributed by atoms with van der Waals surface area (Å²) < 4.78 is 54.8. The third kappa shape index (κ3) is 9.00. The van der Waals surface area contributed by atoms with E-state index in [1.165, 1.54) is 13.0 Å². The fourth-order valence-electron chi connectivity index (χ4n) is 2.42. The molecule has 144 valence electrons. The number of carbonyl (C=O) groups excluding carboxylic acids is 1. The molecule has 0 saturated heterocycles. The summed E-state index contributed by atoms with van der Waals surface area (Å²) in [6.07, 6.45) is -2.65. The van der Waals surface area contributed by atoms with Crippen molar-refractivity contribution in [1.82, 2.24) is 0 Å². The fraction of sp³-hybridized carbons (Fsp3) is 0.632. The number of halogens is 4. The first kappa shape index (κ1) is 23.6. The number of benzene rings is 1. The van der Waals surface area contributed by atoms with E-state index in [1.807, 2.05) is 6.92 Å². The summed E-state index contributed by atoms with van der Waals surface area (Å²) in [4.78, 5) is 11.0. The molecular formula is C19H28F4O2. The van der Waals surface area contributed by atoms with Crippen molar-refractivity contribution in [2.24, 2.45) is 5.92 Å². The molecule has 6 heteroatoms. The minimum Gasteiger partial charge on any atom is -0.381 e. The monoisotopic (exact) mass is 364 g/mol. The highest BCUT2D eigenvalue weighted by molar-refractivity contribution is 5.95. The molecule has 0 aliphatic rings. The van der Waals surface area contributed by atoms with Crippen molar-refractivity contribution in [1.29, 1.82) is 0 Å². The van der Waals surface area contributed by atoms with Gasteiger partial charge in [0.25, 0.3) is 0 Å². The molecule has 25 heavy (non-hydrogen) atoms. The number of ketones is 1. The minimum atomic E-state index is -4.11. The molecule has 0 fully saturated rings. The molecule has 0 saturated carbocycles. The second kappa shape index (κ2) is 11.2. The lowest BCUT2D eigenvalue weighted by Gasteiger charge is -2.19. The van der Waals surface area contributed by atoms with Gasteiger partial charge < -0.3 is 4.74 Å². The molecule has 0 amide bonds. The van der Waals surface area contributed by atoms with E-state index in [-0.39, 0.29) is 24.4 Å². The standard InChI is InChI=1S/C10H11FO.C9H17F3O/c1-6-4-7(2)10(8(3)12)9(11)5-6;1-3-5-8(9(10,11)12)7-13-6-4-2/h4-5H,1-3H3;8H,3-7H2,1-2H3. The van der Waals surface area contributed by atoms with Crippen LogP contribution in [0.1, 0.15) is 61.5 Å². The number of aryl methyl sites for hydroxylation is 2. The molecule has 0 bridgehead atoms. The Morgan fingerprint density at radius 3 is 2.16 bits per heavy atom. The number of Topliss-reactive ketones (excluding diaryl/α,β-unsaturated/α-hetero) is 1. The summed E-state index contributed by atoms with van der Waals surface area (Å²) in [5.41, 5.74) is 1.76. The van der Waals surface area contributed by atoms with Gasteiger partial charge in [-0.05, 0) is 50.8 Å². The largest absolute Gasteiger partial charge is 0.394 e. The molecule has 0 aromatic heterocycles. The molecular weight excluding hydrogens is 336 g/mol. The summed E-state index contributed by atoms with van der Waals surface area (Å²) in [5, 5.41) is 0. The first-order valence-corrected chi connectivity index (χ1v) is 8.46. The van der Waals surface area contributed by atoms with E-state index < -0.39 is 17.9 Å². The Kier molecular flexibility index (Phi) is 10.6. The lowest BCUT2D eigenvalue weighted by molar-refractivity contribution is -0.190. The molecule has 0 N–H and O–H groups in total. The molecule has 1 atom stereocenters. The number of rotatable bonds is 7. The second-order valence-electron chi connectivity index (χ2n) is 6.10. The number of hydrogen-bond acceptors (Lipinski definition) is 2. The van der Waals surface area contributed by atoms with Crippen molar-refractivity contribution in [3.8, 4) is 0 Å². The van der Waals surface area contributed by atoms with Crippen molar-refractivity contribution in [3.05, 3.63) is 34.6 Å². The highest BCUT2D eigenvalue weighted by Crippen LogP contribution is 2.29. The predicted molar refractivity (Wildman–Crippen MR) is 91.4 cm³/mol. The number of carbonyl (C=O) groups is 1. The molecule has 0 radical (unpaired) electrons. The van der Waals surface area contributed by atoms with Crippen LogP contribution >= 0.6 is 0 Å². The van der Waals surface area contributed by atoms with E-state index in [2.05, 4.69) is 0 Å². The highest BCUT2D eigenvalue weighted by Gasteiger charge is 2.38.